The van der Waals surface area contributed by atoms with Crippen LogP contribution >= 0.6 is 11.6 Å². The Morgan fingerprint density at radius 1 is 1.17 bits per heavy atom. The molecule has 3 aromatic rings. The minimum Gasteiger partial charge on any atom is -0.338 e. The summed E-state index contributed by atoms with van der Waals surface area (Å²) in [4.78, 5) is 7.67. The summed E-state index contributed by atoms with van der Waals surface area (Å²) in [6.07, 6.45) is 0. The molecule has 3 nitrogen and oxygen atoms in total. The number of nitriles is 1. The molecule has 18 heavy (non-hydrogen) atoms. The first-order valence-corrected chi connectivity index (χ1v) is 5.80. The number of halogens is 1. The number of hydrogen-bond acceptors (Lipinski definition) is 2. The van der Waals surface area contributed by atoms with Gasteiger partial charge in [-0.1, -0.05) is 23.7 Å². The fourth-order valence-corrected chi connectivity index (χ4v) is 2.04. The van der Waals surface area contributed by atoms with Gasteiger partial charge in [0.15, 0.2) is 0 Å². The van der Waals surface area contributed by atoms with Crippen LogP contribution in [0.3, 0.4) is 0 Å². The van der Waals surface area contributed by atoms with Crippen LogP contribution < -0.4 is 0 Å². The minimum absolute atomic E-state index is 0.615. The standard InChI is InChI=1S/C14H8ClN3/c15-11-3-1-2-10(7-11)14-17-12-5-4-9(8-16)6-13(12)18-14/h1-7H,(H,17,18). The predicted octanol–water partition coefficient (Wildman–Crippen LogP) is 3.75. The second-order valence-electron chi connectivity index (χ2n) is 3.94. The van der Waals surface area contributed by atoms with E-state index in [2.05, 4.69) is 16.0 Å². The van der Waals surface area contributed by atoms with Gasteiger partial charge in [0.25, 0.3) is 0 Å². The predicted molar refractivity (Wildman–Crippen MR) is 71.3 cm³/mol. The number of H-pyrrole nitrogens is 1. The van der Waals surface area contributed by atoms with E-state index < -0.39 is 0 Å². The summed E-state index contributed by atoms with van der Waals surface area (Å²) in [6.45, 7) is 0. The number of hydrogen-bond donors (Lipinski definition) is 1. The molecule has 0 spiro atoms. The number of aromatic nitrogens is 2. The Kier molecular flexibility index (Phi) is 2.51. The zero-order valence-electron chi connectivity index (χ0n) is 9.31. The van der Waals surface area contributed by atoms with Crippen LogP contribution in [0.1, 0.15) is 5.56 Å². The molecular weight excluding hydrogens is 246 g/mol. The van der Waals surface area contributed by atoms with E-state index in [0.717, 1.165) is 22.4 Å². The summed E-state index contributed by atoms with van der Waals surface area (Å²) in [5.74, 6) is 0.752. The lowest BCUT2D eigenvalue weighted by Gasteiger charge is -1.96. The van der Waals surface area contributed by atoms with Gasteiger partial charge < -0.3 is 4.98 Å². The molecule has 0 unspecified atom stereocenters. The molecule has 0 radical (unpaired) electrons. The first kappa shape index (κ1) is 10.8. The Balaban J connectivity index is 2.17. The summed E-state index contributed by atoms with van der Waals surface area (Å²) in [5.41, 5.74) is 3.23. The number of rotatable bonds is 1. The SMILES string of the molecule is N#Cc1ccc2nc(-c3cccc(Cl)c3)[nH]c2c1. The van der Waals surface area contributed by atoms with E-state index in [4.69, 9.17) is 16.9 Å². The fourth-order valence-electron chi connectivity index (χ4n) is 1.85. The molecule has 0 fully saturated rings. The van der Waals surface area contributed by atoms with Crippen molar-refractivity contribution in [3.05, 3.63) is 53.1 Å². The van der Waals surface area contributed by atoms with Gasteiger partial charge in [0.1, 0.15) is 5.82 Å². The third-order valence-corrected chi connectivity index (χ3v) is 2.94. The van der Waals surface area contributed by atoms with Crippen molar-refractivity contribution in [3.63, 3.8) is 0 Å². The first-order valence-electron chi connectivity index (χ1n) is 5.42. The van der Waals surface area contributed by atoms with Crippen LogP contribution in [0.2, 0.25) is 5.02 Å². The Morgan fingerprint density at radius 3 is 2.83 bits per heavy atom. The Morgan fingerprint density at radius 2 is 2.06 bits per heavy atom. The summed E-state index contributed by atoms with van der Waals surface area (Å²) in [7, 11) is 0. The zero-order chi connectivity index (χ0) is 12.5. The molecule has 4 heteroatoms. The molecular formula is C14H8ClN3. The molecule has 0 atom stereocenters. The Labute approximate surface area is 109 Å². The van der Waals surface area contributed by atoms with Crippen LogP contribution in [0.15, 0.2) is 42.5 Å². The monoisotopic (exact) mass is 253 g/mol. The minimum atomic E-state index is 0.615. The molecule has 0 bridgehead atoms. The second kappa shape index (κ2) is 4.17. The lowest BCUT2D eigenvalue weighted by atomic mass is 10.2. The van der Waals surface area contributed by atoms with E-state index in [0.29, 0.717) is 10.6 Å². The van der Waals surface area contributed by atoms with Gasteiger partial charge in [-0.05, 0) is 30.3 Å². The topological polar surface area (TPSA) is 52.5 Å². The van der Waals surface area contributed by atoms with Gasteiger partial charge in [-0.2, -0.15) is 5.26 Å². The normalized spacial score (nSPS) is 10.4. The van der Waals surface area contributed by atoms with Crippen molar-refractivity contribution in [1.82, 2.24) is 9.97 Å². The summed E-state index contributed by atoms with van der Waals surface area (Å²) in [6, 6.07) is 15.0. The molecule has 0 saturated heterocycles. The third kappa shape index (κ3) is 1.83. The van der Waals surface area contributed by atoms with Gasteiger partial charge >= 0.3 is 0 Å². The molecule has 0 aliphatic heterocycles. The van der Waals surface area contributed by atoms with Crippen LogP contribution in [0.4, 0.5) is 0 Å². The molecule has 0 aliphatic rings. The van der Waals surface area contributed by atoms with Crippen molar-refractivity contribution >= 4 is 22.6 Å². The highest BCUT2D eigenvalue weighted by atomic mass is 35.5. The van der Waals surface area contributed by atoms with Crippen molar-refractivity contribution in [2.45, 2.75) is 0 Å². The lowest BCUT2D eigenvalue weighted by Crippen LogP contribution is -1.79. The van der Waals surface area contributed by atoms with Crippen LogP contribution in [0.5, 0.6) is 0 Å². The molecule has 86 valence electrons. The maximum Gasteiger partial charge on any atom is 0.138 e. The van der Waals surface area contributed by atoms with Gasteiger partial charge in [0.05, 0.1) is 22.7 Å². The zero-order valence-corrected chi connectivity index (χ0v) is 10.1. The molecule has 0 amide bonds. The third-order valence-electron chi connectivity index (χ3n) is 2.71. The molecule has 1 heterocycles. The Bertz CT molecular complexity index is 768. The molecule has 0 aliphatic carbocycles. The van der Waals surface area contributed by atoms with Crippen molar-refractivity contribution < 1.29 is 0 Å². The van der Waals surface area contributed by atoms with Crippen molar-refractivity contribution in [1.29, 1.82) is 5.26 Å². The number of aromatic amines is 1. The highest BCUT2D eigenvalue weighted by Crippen LogP contribution is 2.23. The van der Waals surface area contributed by atoms with Gasteiger partial charge in [0, 0.05) is 10.6 Å². The smallest absolute Gasteiger partial charge is 0.138 e. The van der Waals surface area contributed by atoms with Gasteiger partial charge in [-0.25, -0.2) is 4.98 Å². The van der Waals surface area contributed by atoms with E-state index in [1.165, 1.54) is 0 Å². The van der Waals surface area contributed by atoms with E-state index >= 15 is 0 Å². The highest BCUT2D eigenvalue weighted by molar-refractivity contribution is 6.30. The first-order chi connectivity index (χ1) is 8.76. The molecule has 3 rings (SSSR count). The average Bonchev–Trinajstić information content (AvgIpc) is 2.81. The van der Waals surface area contributed by atoms with Crippen LogP contribution in [-0.4, -0.2) is 9.97 Å². The number of nitrogens with zero attached hydrogens (tertiary/aromatic N) is 2. The number of fused-ring (bicyclic) bond motifs is 1. The van der Waals surface area contributed by atoms with Crippen LogP contribution in [0.25, 0.3) is 22.4 Å². The summed E-state index contributed by atoms with van der Waals surface area (Å²) < 4.78 is 0. The van der Waals surface area contributed by atoms with E-state index in [-0.39, 0.29) is 0 Å². The molecule has 0 saturated carbocycles. The summed E-state index contributed by atoms with van der Waals surface area (Å²) in [5, 5.41) is 9.53. The average molecular weight is 254 g/mol. The van der Waals surface area contributed by atoms with Crippen LogP contribution in [0, 0.1) is 11.3 Å². The van der Waals surface area contributed by atoms with Gasteiger partial charge in [-0.3, -0.25) is 0 Å². The maximum atomic E-state index is 8.86. The lowest BCUT2D eigenvalue weighted by molar-refractivity contribution is 1.34. The number of benzene rings is 2. The van der Waals surface area contributed by atoms with Crippen LogP contribution in [-0.2, 0) is 0 Å². The maximum absolute atomic E-state index is 8.86. The van der Waals surface area contributed by atoms with Crippen molar-refractivity contribution in [2.24, 2.45) is 0 Å². The number of imidazole rings is 1. The molecule has 2 aromatic carbocycles. The number of nitrogens with one attached hydrogen (secondary N) is 1. The van der Waals surface area contributed by atoms with Gasteiger partial charge in [-0.15, -0.1) is 0 Å². The van der Waals surface area contributed by atoms with Crippen molar-refractivity contribution in [2.75, 3.05) is 0 Å². The Hall–Kier alpha value is -2.31. The summed E-state index contributed by atoms with van der Waals surface area (Å²) >= 11 is 5.96. The second-order valence-corrected chi connectivity index (χ2v) is 4.38. The highest BCUT2D eigenvalue weighted by Gasteiger charge is 2.06. The quantitative estimate of drug-likeness (QED) is 0.718. The molecule has 1 N–H and O–H groups in total. The fraction of sp³-hybridized carbons (Fsp3) is 0. The van der Waals surface area contributed by atoms with E-state index in [1.54, 1.807) is 12.1 Å². The van der Waals surface area contributed by atoms with Gasteiger partial charge in [0.2, 0.25) is 0 Å². The van der Waals surface area contributed by atoms with E-state index in [9.17, 15) is 0 Å². The van der Waals surface area contributed by atoms with E-state index in [1.807, 2.05) is 30.3 Å². The van der Waals surface area contributed by atoms with Crippen molar-refractivity contribution in [3.8, 4) is 17.5 Å². The molecule has 1 aromatic heterocycles. The largest absolute Gasteiger partial charge is 0.338 e.